The summed E-state index contributed by atoms with van der Waals surface area (Å²) in [7, 11) is 0. The van der Waals surface area contributed by atoms with Crippen molar-refractivity contribution in [2.24, 2.45) is 34.3 Å². The van der Waals surface area contributed by atoms with Crippen LogP contribution in [0.25, 0.3) is 0 Å². The first-order valence-corrected chi connectivity index (χ1v) is 8.86. The zero-order valence-corrected chi connectivity index (χ0v) is 13.7. The minimum Gasteiger partial charge on any atom is -0.321 e. The van der Waals surface area contributed by atoms with E-state index < -0.39 is 0 Å². The topological polar surface area (TPSA) is 60.2 Å². The molecule has 0 heterocycles. The van der Waals surface area contributed by atoms with Gasteiger partial charge in [0.05, 0.1) is 6.04 Å². The maximum absolute atomic E-state index is 12.2. The third kappa shape index (κ3) is 1.72. The molecular weight excluding hydrogens is 274 g/mol. The van der Waals surface area contributed by atoms with Crippen molar-refractivity contribution in [2.75, 3.05) is 0 Å². The molecule has 3 nitrogen and oxygen atoms in total. The number of Topliss-reactive ketones (excluding diaryl/α,β-unsaturated/α-hetero) is 2. The molecule has 0 aliphatic heterocycles. The van der Waals surface area contributed by atoms with Crippen molar-refractivity contribution in [2.45, 2.75) is 64.8 Å². The fraction of sp³-hybridized carbons (Fsp3) is 0.789. The minimum absolute atomic E-state index is 0.00440. The van der Waals surface area contributed by atoms with Crippen LogP contribution in [0.2, 0.25) is 0 Å². The van der Waals surface area contributed by atoms with Crippen LogP contribution in [-0.4, -0.2) is 17.6 Å². The third-order valence-electron chi connectivity index (χ3n) is 7.85. The Morgan fingerprint density at radius 3 is 2.73 bits per heavy atom. The summed E-state index contributed by atoms with van der Waals surface area (Å²) < 4.78 is 0. The van der Waals surface area contributed by atoms with Crippen LogP contribution < -0.4 is 5.73 Å². The first-order chi connectivity index (χ1) is 10.4. The highest BCUT2D eigenvalue weighted by atomic mass is 16.1. The Balaban J connectivity index is 1.71. The molecule has 3 fully saturated rings. The Kier molecular flexibility index (Phi) is 3.01. The predicted molar refractivity (Wildman–Crippen MR) is 85.1 cm³/mol. The lowest BCUT2D eigenvalue weighted by molar-refractivity contribution is -0.122. The van der Waals surface area contributed by atoms with E-state index in [2.05, 4.69) is 19.9 Å². The molecule has 0 amide bonds. The van der Waals surface area contributed by atoms with Crippen LogP contribution in [0.3, 0.4) is 0 Å². The molecule has 3 heteroatoms. The van der Waals surface area contributed by atoms with E-state index >= 15 is 0 Å². The zero-order valence-electron chi connectivity index (χ0n) is 13.7. The average molecular weight is 301 g/mol. The summed E-state index contributed by atoms with van der Waals surface area (Å²) >= 11 is 0. The fourth-order valence-corrected chi connectivity index (χ4v) is 6.31. The molecule has 0 spiro atoms. The van der Waals surface area contributed by atoms with Gasteiger partial charge in [-0.3, -0.25) is 9.59 Å². The highest BCUT2D eigenvalue weighted by Crippen LogP contribution is 2.63. The van der Waals surface area contributed by atoms with Gasteiger partial charge in [-0.25, -0.2) is 0 Å². The van der Waals surface area contributed by atoms with E-state index in [4.69, 9.17) is 5.73 Å². The Morgan fingerprint density at radius 1 is 1.18 bits per heavy atom. The number of hydrogen-bond acceptors (Lipinski definition) is 3. The molecule has 0 bridgehead atoms. The van der Waals surface area contributed by atoms with E-state index in [1.807, 2.05) is 0 Å². The SMILES string of the molecule is C[C@]12CCC(=O)CC1=CC[C@@H]1[C@H]2CC[C@]2(C)C(N)C(=O)C[C@@H]12. The maximum atomic E-state index is 12.2. The highest BCUT2D eigenvalue weighted by molar-refractivity contribution is 5.88. The first-order valence-electron chi connectivity index (χ1n) is 8.86. The van der Waals surface area contributed by atoms with E-state index in [1.54, 1.807) is 0 Å². The molecule has 2 N–H and O–H groups in total. The Bertz CT molecular complexity index is 580. The van der Waals surface area contributed by atoms with Crippen LogP contribution in [0.1, 0.15) is 58.8 Å². The van der Waals surface area contributed by atoms with Crippen LogP contribution >= 0.6 is 0 Å². The Hall–Kier alpha value is -0.960. The lowest BCUT2D eigenvalue weighted by Gasteiger charge is -2.56. The van der Waals surface area contributed by atoms with Gasteiger partial charge in [-0.1, -0.05) is 25.5 Å². The van der Waals surface area contributed by atoms with Crippen LogP contribution in [0.4, 0.5) is 0 Å². The van der Waals surface area contributed by atoms with Gasteiger partial charge in [0.25, 0.3) is 0 Å². The summed E-state index contributed by atoms with van der Waals surface area (Å²) in [6, 6.07) is -0.260. The van der Waals surface area contributed by atoms with Crippen molar-refractivity contribution in [1.29, 1.82) is 0 Å². The molecule has 0 radical (unpaired) electrons. The molecule has 4 rings (SSSR count). The molecule has 3 saturated carbocycles. The van der Waals surface area contributed by atoms with E-state index in [0.29, 0.717) is 36.4 Å². The summed E-state index contributed by atoms with van der Waals surface area (Å²) in [6.45, 7) is 4.62. The number of carbonyl (C=O) groups excluding carboxylic acids is 2. The van der Waals surface area contributed by atoms with Crippen LogP contribution in [-0.2, 0) is 9.59 Å². The number of ketones is 2. The zero-order chi connectivity index (χ0) is 15.7. The summed E-state index contributed by atoms with van der Waals surface area (Å²) in [4.78, 5) is 24.1. The smallest absolute Gasteiger partial charge is 0.150 e. The van der Waals surface area contributed by atoms with Crippen LogP contribution in [0, 0.1) is 28.6 Å². The molecule has 0 aromatic rings. The van der Waals surface area contributed by atoms with Crippen molar-refractivity contribution in [3.63, 3.8) is 0 Å². The second-order valence-electron chi connectivity index (χ2n) is 8.67. The van der Waals surface area contributed by atoms with Crippen molar-refractivity contribution >= 4 is 11.6 Å². The van der Waals surface area contributed by atoms with Gasteiger partial charge < -0.3 is 5.73 Å². The molecule has 0 aromatic heterocycles. The molecule has 0 saturated heterocycles. The lowest BCUT2D eigenvalue weighted by atomic mass is 9.48. The van der Waals surface area contributed by atoms with Gasteiger partial charge in [0.15, 0.2) is 0 Å². The summed E-state index contributed by atoms with van der Waals surface area (Å²) in [5.41, 5.74) is 7.85. The molecule has 4 aliphatic rings. The Labute approximate surface area is 132 Å². The summed E-state index contributed by atoms with van der Waals surface area (Å²) in [5, 5.41) is 0. The number of rotatable bonds is 0. The van der Waals surface area contributed by atoms with Crippen molar-refractivity contribution < 1.29 is 9.59 Å². The molecule has 1 unspecified atom stereocenters. The van der Waals surface area contributed by atoms with Gasteiger partial charge >= 0.3 is 0 Å². The van der Waals surface area contributed by atoms with Crippen molar-refractivity contribution in [1.82, 2.24) is 0 Å². The summed E-state index contributed by atoms with van der Waals surface area (Å²) in [5.74, 6) is 2.34. The van der Waals surface area contributed by atoms with E-state index in [0.717, 1.165) is 25.7 Å². The molecule has 120 valence electrons. The quantitative estimate of drug-likeness (QED) is 0.700. The lowest BCUT2D eigenvalue weighted by Crippen LogP contribution is -2.52. The highest BCUT2D eigenvalue weighted by Gasteiger charge is 2.60. The second kappa shape index (κ2) is 4.53. The van der Waals surface area contributed by atoms with Gasteiger partial charge in [0.1, 0.15) is 11.6 Å². The second-order valence-corrected chi connectivity index (χ2v) is 8.67. The maximum Gasteiger partial charge on any atom is 0.150 e. The number of carbonyl (C=O) groups is 2. The number of nitrogens with two attached hydrogens (primary N) is 1. The van der Waals surface area contributed by atoms with Crippen molar-refractivity contribution in [3.05, 3.63) is 11.6 Å². The molecule has 0 aromatic carbocycles. The first kappa shape index (κ1) is 14.6. The molecular formula is C19H27NO2. The number of allylic oxidation sites excluding steroid dienone is 2. The molecule has 22 heavy (non-hydrogen) atoms. The fourth-order valence-electron chi connectivity index (χ4n) is 6.31. The van der Waals surface area contributed by atoms with Crippen molar-refractivity contribution in [3.8, 4) is 0 Å². The average Bonchev–Trinajstić information content (AvgIpc) is 2.72. The minimum atomic E-state index is -0.260. The van der Waals surface area contributed by atoms with Crippen LogP contribution in [0.15, 0.2) is 11.6 Å². The van der Waals surface area contributed by atoms with Gasteiger partial charge in [-0.15, -0.1) is 0 Å². The molecule has 4 aliphatic carbocycles. The predicted octanol–water partition coefficient (Wildman–Crippen LogP) is 3.02. The van der Waals surface area contributed by atoms with E-state index in [-0.39, 0.29) is 22.7 Å². The van der Waals surface area contributed by atoms with Crippen LogP contribution in [0.5, 0.6) is 0 Å². The van der Waals surface area contributed by atoms with Gasteiger partial charge in [0, 0.05) is 19.3 Å². The number of fused-ring (bicyclic) bond motifs is 5. The largest absolute Gasteiger partial charge is 0.321 e. The Morgan fingerprint density at radius 2 is 1.95 bits per heavy atom. The van der Waals surface area contributed by atoms with Gasteiger partial charge in [-0.05, 0) is 54.3 Å². The van der Waals surface area contributed by atoms with E-state index in [1.165, 1.54) is 12.0 Å². The normalized spacial score (nSPS) is 51.0. The number of hydrogen-bond donors (Lipinski definition) is 1. The molecule has 6 atom stereocenters. The van der Waals surface area contributed by atoms with E-state index in [9.17, 15) is 9.59 Å². The van der Waals surface area contributed by atoms with Gasteiger partial charge in [0.2, 0.25) is 0 Å². The summed E-state index contributed by atoms with van der Waals surface area (Å²) in [6.07, 6.45) is 8.71. The third-order valence-corrected chi connectivity index (χ3v) is 7.85. The standard InChI is InChI=1S/C19H27NO2/c1-18-7-5-12(21)9-11(18)3-4-13-14(18)6-8-19(2)15(13)10-16(22)17(19)20/h3,13-15,17H,4-10,20H2,1-2H3/t13-,14-,15+,17?,18+,19+/m1/s1. The van der Waals surface area contributed by atoms with Gasteiger partial charge in [-0.2, -0.15) is 0 Å². The monoisotopic (exact) mass is 301 g/mol.